The monoisotopic (exact) mass is 420 g/mol. The minimum Gasteiger partial charge on any atom is -0.357 e. The van der Waals surface area contributed by atoms with Crippen molar-refractivity contribution in [2.45, 2.75) is 37.1 Å². The van der Waals surface area contributed by atoms with E-state index in [0.29, 0.717) is 6.54 Å². The second kappa shape index (κ2) is 9.80. The van der Waals surface area contributed by atoms with Crippen LogP contribution < -0.4 is 14.9 Å². The summed E-state index contributed by atoms with van der Waals surface area (Å²) >= 11 is 0. The number of carbonyl (C=O) groups excluding carboxylic acids is 1. The van der Waals surface area contributed by atoms with Crippen molar-refractivity contribution < 1.29 is 17.6 Å². The van der Waals surface area contributed by atoms with Crippen molar-refractivity contribution in [2.75, 3.05) is 24.5 Å². The molecule has 0 radical (unpaired) electrons. The van der Waals surface area contributed by atoms with Gasteiger partial charge in [0.1, 0.15) is 11.6 Å². The highest BCUT2D eigenvalue weighted by Crippen LogP contribution is 2.17. The van der Waals surface area contributed by atoms with E-state index in [9.17, 15) is 17.6 Å². The van der Waals surface area contributed by atoms with Crippen LogP contribution in [0.4, 0.5) is 10.2 Å². The fourth-order valence-corrected chi connectivity index (χ4v) is 4.15. The lowest BCUT2D eigenvalue weighted by atomic mass is 10.1. The molecule has 1 fully saturated rings. The van der Waals surface area contributed by atoms with E-state index in [-0.39, 0.29) is 23.8 Å². The van der Waals surface area contributed by atoms with E-state index in [2.05, 4.69) is 19.9 Å². The minimum atomic E-state index is -3.77. The van der Waals surface area contributed by atoms with Gasteiger partial charge in [-0.05, 0) is 55.2 Å². The lowest BCUT2D eigenvalue weighted by Crippen LogP contribution is -2.31. The Kier molecular flexibility index (Phi) is 7.16. The Morgan fingerprint density at radius 1 is 1.07 bits per heavy atom. The van der Waals surface area contributed by atoms with Crippen molar-refractivity contribution in [3.63, 3.8) is 0 Å². The molecular weight excluding hydrogens is 395 g/mol. The van der Waals surface area contributed by atoms with E-state index in [1.165, 1.54) is 31.4 Å². The summed E-state index contributed by atoms with van der Waals surface area (Å²) in [5.41, 5.74) is 0.881. The first-order valence-corrected chi connectivity index (χ1v) is 11.1. The summed E-state index contributed by atoms with van der Waals surface area (Å²) in [4.78, 5) is 18.7. The topological polar surface area (TPSA) is 91.4 Å². The zero-order valence-electron chi connectivity index (χ0n) is 16.1. The molecule has 1 saturated heterocycles. The van der Waals surface area contributed by atoms with Gasteiger partial charge >= 0.3 is 0 Å². The number of benzene rings is 1. The lowest BCUT2D eigenvalue weighted by molar-refractivity contribution is -0.121. The van der Waals surface area contributed by atoms with Gasteiger partial charge in [-0.2, -0.15) is 0 Å². The zero-order valence-corrected chi connectivity index (χ0v) is 16.9. The summed E-state index contributed by atoms with van der Waals surface area (Å²) in [6.07, 6.45) is 5.39. The van der Waals surface area contributed by atoms with Crippen LogP contribution in [0.15, 0.2) is 47.5 Å². The van der Waals surface area contributed by atoms with Crippen LogP contribution in [-0.4, -0.2) is 38.9 Å². The molecule has 1 aliphatic heterocycles. The van der Waals surface area contributed by atoms with Crippen molar-refractivity contribution in [1.82, 2.24) is 15.0 Å². The highest BCUT2D eigenvalue weighted by Gasteiger charge is 2.14. The molecule has 7 nitrogen and oxygen atoms in total. The number of pyridine rings is 1. The fourth-order valence-electron chi connectivity index (χ4n) is 3.12. The van der Waals surface area contributed by atoms with E-state index in [0.717, 1.165) is 36.6 Å². The summed E-state index contributed by atoms with van der Waals surface area (Å²) in [7, 11) is -3.77. The molecule has 0 unspecified atom stereocenters. The normalized spacial score (nSPS) is 14.6. The van der Waals surface area contributed by atoms with E-state index in [4.69, 9.17) is 0 Å². The van der Waals surface area contributed by atoms with Crippen LogP contribution in [0.1, 0.15) is 31.2 Å². The standard InChI is InChI=1S/C20H25FN4O3S/c21-17-5-7-18(8-6-17)29(27,28)24-11-10-20(26)23-15-16-4-9-19(22-14-16)25-12-2-1-3-13-25/h4-9,14,24H,1-3,10-13,15H2,(H,23,26). The van der Waals surface area contributed by atoms with Gasteiger partial charge in [0.25, 0.3) is 0 Å². The molecule has 0 bridgehead atoms. The predicted octanol–water partition coefficient (Wildman–Crippen LogP) is 2.20. The third kappa shape index (κ3) is 6.23. The fraction of sp³-hybridized carbons (Fsp3) is 0.400. The van der Waals surface area contributed by atoms with Gasteiger partial charge in [0.2, 0.25) is 15.9 Å². The molecule has 0 saturated carbocycles. The second-order valence-corrected chi connectivity index (χ2v) is 8.72. The number of sulfonamides is 1. The van der Waals surface area contributed by atoms with Crippen molar-refractivity contribution >= 4 is 21.7 Å². The Hall–Kier alpha value is -2.52. The molecule has 1 amide bonds. The van der Waals surface area contributed by atoms with Crippen LogP contribution in [0.2, 0.25) is 0 Å². The number of halogens is 1. The minimum absolute atomic E-state index is 0.000283. The van der Waals surface area contributed by atoms with E-state index in [1.54, 1.807) is 6.20 Å². The van der Waals surface area contributed by atoms with Crippen LogP contribution in [-0.2, 0) is 21.4 Å². The van der Waals surface area contributed by atoms with Crippen LogP contribution in [0.3, 0.4) is 0 Å². The summed E-state index contributed by atoms with van der Waals surface area (Å²) < 4.78 is 39.4. The number of nitrogens with zero attached hydrogens (tertiary/aromatic N) is 2. The van der Waals surface area contributed by atoms with Crippen LogP contribution in [0.25, 0.3) is 0 Å². The molecule has 1 aromatic carbocycles. The van der Waals surface area contributed by atoms with E-state index < -0.39 is 15.8 Å². The number of hydrogen-bond donors (Lipinski definition) is 2. The van der Waals surface area contributed by atoms with Gasteiger partial charge in [0, 0.05) is 38.8 Å². The molecule has 9 heteroatoms. The van der Waals surface area contributed by atoms with Gasteiger partial charge in [-0.1, -0.05) is 6.07 Å². The lowest BCUT2D eigenvalue weighted by Gasteiger charge is -2.27. The Bertz CT molecular complexity index is 912. The SMILES string of the molecule is O=C(CCNS(=O)(=O)c1ccc(F)cc1)NCc1ccc(N2CCCCC2)nc1. The maximum Gasteiger partial charge on any atom is 0.240 e. The van der Waals surface area contributed by atoms with E-state index in [1.807, 2.05) is 12.1 Å². The molecule has 0 spiro atoms. The van der Waals surface area contributed by atoms with Gasteiger partial charge in [0.05, 0.1) is 4.90 Å². The highest BCUT2D eigenvalue weighted by molar-refractivity contribution is 7.89. The Balaban J connectivity index is 1.41. The van der Waals surface area contributed by atoms with Crippen LogP contribution >= 0.6 is 0 Å². The molecule has 1 aromatic heterocycles. The van der Waals surface area contributed by atoms with Gasteiger partial charge in [-0.3, -0.25) is 4.79 Å². The predicted molar refractivity (Wildman–Crippen MR) is 108 cm³/mol. The maximum atomic E-state index is 12.9. The van der Waals surface area contributed by atoms with Crippen molar-refractivity contribution in [1.29, 1.82) is 0 Å². The Labute approximate surface area is 170 Å². The van der Waals surface area contributed by atoms with Gasteiger partial charge in [-0.15, -0.1) is 0 Å². The number of aromatic nitrogens is 1. The number of piperidine rings is 1. The quantitative estimate of drug-likeness (QED) is 0.683. The average molecular weight is 421 g/mol. The first-order valence-electron chi connectivity index (χ1n) is 9.66. The number of nitrogens with one attached hydrogen (secondary N) is 2. The van der Waals surface area contributed by atoms with Crippen molar-refractivity contribution in [3.8, 4) is 0 Å². The molecule has 0 atom stereocenters. The summed E-state index contributed by atoms with van der Waals surface area (Å²) in [5, 5.41) is 2.75. The third-order valence-corrected chi connectivity index (χ3v) is 6.22. The third-order valence-electron chi connectivity index (χ3n) is 4.75. The number of hydrogen-bond acceptors (Lipinski definition) is 5. The first-order chi connectivity index (χ1) is 13.9. The summed E-state index contributed by atoms with van der Waals surface area (Å²) in [5.74, 6) is 0.170. The molecule has 0 aliphatic carbocycles. The molecular formula is C20H25FN4O3S. The van der Waals surface area contributed by atoms with Gasteiger partial charge in [0.15, 0.2) is 0 Å². The second-order valence-electron chi connectivity index (χ2n) is 6.95. The Morgan fingerprint density at radius 3 is 2.45 bits per heavy atom. The maximum absolute atomic E-state index is 12.9. The van der Waals surface area contributed by atoms with Gasteiger partial charge < -0.3 is 10.2 Å². The largest absolute Gasteiger partial charge is 0.357 e. The van der Waals surface area contributed by atoms with Gasteiger partial charge in [-0.25, -0.2) is 22.5 Å². The molecule has 1 aliphatic rings. The molecule has 29 heavy (non-hydrogen) atoms. The Morgan fingerprint density at radius 2 is 1.79 bits per heavy atom. The van der Waals surface area contributed by atoms with E-state index >= 15 is 0 Å². The molecule has 156 valence electrons. The summed E-state index contributed by atoms with van der Waals surface area (Å²) in [6, 6.07) is 8.41. The molecule has 2 N–H and O–H groups in total. The van der Waals surface area contributed by atoms with Crippen molar-refractivity contribution in [2.24, 2.45) is 0 Å². The molecule has 2 aromatic rings. The number of amides is 1. The first kappa shape index (κ1) is 21.2. The number of anilines is 1. The smallest absolute Gasteiger partial charge is 0.240 e. The van der Waals surface area contributed by atoms with Crippen LogP contribution in [0, 0.1) is 5.82 Å². The summed E-state index contributed by atoms with van der Waals surface area (Å²) in [6.45, 7) is 2.34. The number of carbonyl (C=O) groups is 1. The molecule has 3 rings (SSSR count). The number of rotatable bonds is 8. The zero-order chi connectivity index (χ0) is 20.7. The average Bonchev–Trinajstić information content (AvgIpc) is 2.73. The van der Waals surface area contributed by atoms with Crippen molar-refractivity contribution in [3.05, 3.63) is 54.0 Å². The highest BCUT2D eigenvalue weighted by atomic mass is 32.2. The molecule has 2 heterocycles. The van der Waals surface area contributed by atoms with Crippen LogP contribution in [0.5, 0.6) is 0 Å².